The zero-order valence-electron chi connectivity index (χ0n) is 9.45. The molecule has 2 rings (SSSR count). The Balaban J connectivity index is 2.22. The zero-order chi connectivity index (χ0) is 11.7. The van der Waals surface area contributed by atoms with Crippen LogP contribution in [0.2, 0.25) is 5.15 Å². The van der Waals surface area contributed by atoms with E-state index in [4.69, 9.17) is 11.6 Å². The number of hydrogen-bond acceptors (Lipinski definition) is 3. The summed E-state index contributed by atoms with van der Waals surface area (Å²) in [5.74, 6) is 1.31. The van der Waals surface area contributed by atoms with Crippen LogP contribution < -0.4 is 4.90 Å². The summed E-state index contributed by atoms with van der Waals surface area (Å²) in [5, 5.41) is 0.405. The number of nitrogens with zero attached hydrogens (tertiary/aromatic N) is 3. The number of anilines is 1. The van der Waals surface area contributed by atoms with E-state index in [0.29, 0.717) is 23.2 Å². The van der Waals surface area contributed by atoms with Gasteiger partial charge in [0.15, 0.2) is 0 Å². The number of aryl methyl sites for hydroxylation is 1. The van der Waals surface area contributed by atoms with Crippen molar-refractivity contribution >= 4 is 17.4 Å². The van der Waals surface area contributed by atoms with E-state index in [1.54, 1.807) is 13.0 Å². The molecule has 0 N–H and O–H groups in total. The Morgan fingerprint density at radius 1 is 1.44 bits per heavy atom. The van der Waals surface area contributed by atoms with E-state index in [2.05, 4.69) is 9.97 Å². The summed E-state index contributed by atoms with van der Waals surface area (Å²) in [6, 6.07) is 1.60. The molecule has 1 fully saturated rings. The van der Waals surface area contributed by atoms with Crippen molar-refractivity contribution < 1.29 is 4.39 Å². The maximum absolute atomic E-state index is 13.6. The molecule has 3 nitrogen and oxygen atoms in total. The average molecular weight is 244 g/mol. The molecular formula is C11H15ClFN3. The van der Waals surface area contributed by atoms with Crippen LogP contribution in [-0.4, -0.2) is 29.2 Å². The second kappa shape index (κ2) is 4.53. The number of alkyl halides is 1. The lowest BCUT2D eigenvalue weighted by Crippen LogP contribution is -2.36. The fraction of sp³-hybridized carbons (Fsp3) is 0.636. The lowest BCUT2D eigenvalue weighted by molar-refractivity contribution is 0.306. The highest BCUT2D eigenvalue weighted by Crippen LogP contribution is 2.29. The van der Waals surface area contributed by atoms with Crippen molar-refractivity contribution in [2.45, 2.75) is 38.4 Å². The molecule has 1 aromatic heterocycles. The van der Waals surface area contributed by atoms with Gasteiger partial charge in [-0.15, -0.1) is 0 Å². The molecule has 2 atom stereocenters. The fourth-order valence-electron chi connectivity index (χ4n) is 2.20. The van der Waals surface area contributed by atoms with Gasteiger partial charge in [-0.1, -0.05) is 11.6 Å². The Labute approximate surface area is 99.6 Å². The average Bonchev–Trinajstić information content (AvgIpc) is 2.62. The molecule has 1 aromatic rings. The van der Waals surface area contributed by atoms with Crippen molar-refractivity contribution in [1.29, 1.82) is 0 Å². The Morgan fingerprint density at radius 2 is 2.19 bits per heavy atom. The van der Waals surface area contributed by atoms with E-state index in [0.717, 1.165) is 12.8 Å². The van der Waals surface area contributed by atoms with Gasteiger partial charge in [0.05, 0.1) is 6.04 Å². The van der Waals surface area contributed by atoms with Gasteiger partial charge in [0.1, 0.15) is 23.0 Å². The van der Waals surface area contributed by atoms with E-state index >= 15 is 0 Å². The summed E-state index contributed by atoms with van der Waals surface area (Å²) < 4.78 is 13.6. The molecule has 88 valence electrons. The molecule has 0 aliphatic heterocycles. The first-order chi connectivity index (χ1) is 7.58. The lowest BCUT2D eigenvalue weighted by atomic mass is 10.2. The summed E-state index contributed by atoms with van der Waals surface area (Å²) in [6.45, 7) is 1.78. The Bertz CT molecular complexity index is 365. The van der Waals surface area contributed by atoms with Crippen LogP contribution in [0.15, 0.2) is 6.07 Å². The molecule has 0 spiro atoms. The molecule has 5 heteroatoms. The number of halogens is 2. The summed E-state index contributed by atoms with van der Waals surface area (Å²) in [6.07, 6.45) is 1.69. The van der Waals surface area contributed by atoms with Gasteiger partial charge in [-0.3, -0.25) is 0 Å². The summed E-state index contributed by atoms with van der Waals surface area (Å²) in [5.41, 5.74) is 0. The molecule has 0 aromatic carbocycles. The topological polar surface area (TPSA) is 29.0 Å². The van der Waals surface area contributed by atoms with Crippen molar-refractivity contribution in [3.05, 3.63) is 17.0 Å². The number of rotatable bonds is 2. The highest BCUT2D eigenvalue weighted by molar-refractivity contribution is 6.29. The number of hydrogen-bond donors (Lipinski definition) is 0. The first-order valence-electron chi connectivity index (χ1n) is 5.46. The molecular weight excluding hydrogens is 229 g/mol. The lowest BCUT2D eigenvalue weighted by Gasteiger charge is -2.27. The molecule has 0 amide bonds. The van der Waals surface area contributed by atoms with Gasteiger partial charge in [0, 0.05) is 13.1 Å². The van der Waals surface area contributed by atoms with Crippen LogP contribution in [-0.2, 0) is 0 Å². The monoisotopic (exact) mass is 243 g/mol. The Morgan fingerprint density at radius 3 is 2.75 bits per heavy atom. The van der Waals surface area contributed by atoms with Gasteiger partial charge in [-0.2, -0.15) is 0 Å². The molecule has 1 saturated carbocycles. The highest BCUT2D eigenvalue weighted by atomic mass is 35.5. The maximum Gasteiger partial charge on any atom is 0.134 e. The minimum atomic E-state index is -0.765. The van der Waals surface area contributed by atoms with Gasteiger partial charge in [0.25, 0.3) is 0 Å². The second-order valence-electron chi connectivity index (χ2n) is 4.22. The minimum absolute atomic E-state index is 0.0784. The number of aromatic nitrogens is 2. The fourth-order valence-corrected chi connectivity index (χ4v) is 2.42. The molecule has 1 heterocycles. The standard InChI is InChI=1S/C11H15ClFN3/c1-7-14-10(12)6-11(15-7)16(2)9-5-3-4-8(9)13/h6,8-9H,3-5H2,1-2H3/t8-,9-/m1/s1. The van der Waals surface area contributed by atoms with Crippen molar-refractivity contribution in [1.82, 2.24) is 9.97 Å². The SMILES string of the molecule is Cc1nc(Cl)cc(N(C)[C@@H]2CCC[C@H]2F)n1. The first kappa shape index (κ1) is 11.6. The van der Waals surface area contributed by atoms with Gasteiger partial charge in [0.2, 0.25) is 0 Å². The van der Waals surface area contributed by atoms with Crippen molar-refractivity contribution in [3.8, 4) is 0 Å². The Hall–Kier alpha value is -0.900. The molecule has 1 aliphatic carbocycles. The van der Waals surface area contributed by atoms with Crippen LogP contribution in [0.4, 0.5) is 10.2 Å². The first-order valence-corrected chi connectivity index (χ1v) is 5.84. The van der Waals surface area contributed by atoms with Crippen LogP contribution in [0, 0.1) is 6.92 Å². The summed E-state index contributed by atoms with van der Waals surface area (Å²) in [4.78, 5) is 10.1. The quantitative estimate of drug-likeness (QED) is 0.748. The Kier molecular flexibility index (Phi) is 3.28. The largest absolute Gasteiger partial charge is 0.354 e. The molecule has 1 aliphatic rings. The minimum Gasteiger partial charge on any atom is -0.354 e. The zero-order valence-corrected chi connectivity index (χ0v) is 10.2. The third-order valence-corrected chi connectivity index (χ3v) is 3.24. The van der Waals surface area contributed by atoms with E-state index in [9.17, 15) is 4.39 Å². The van der Waals surface area contributed by atoms with Gasteiger partial charge < -0.3 is 4.90 Å². The van der Waals surface area contributed by atoms with Crippen molar-refractivity contribution in [2.24, 2.45) is 0 Å². The second-order valence-corrected chi connectivity index (χ2v) is 4.61. The van der Waals surface area contributed by atoms with E-state index in [-0.39, 0.29) is 6.04 Å². The molecule has 0 radical (unpaired) electrons. The normalized spacial score (nSPS) is 24.8. The molecule has 0 bridgehead atoms. The van der Waals surface area contributed by atoms with Crippen LogP contribution >= 0.6 is 11.6 Å². The van der Waals surface area contributed by atoms with E-state index in [1.165, 1.54) is 0 Å². The third-order valence-electron chi connectivity index (χ3n) is 3.05. The third kappa shape index (κ3) is 2.26. The van der Waals surface area contributed by atoms with Crippen LogP contribution in [0.5, 0.6) is 0 Å². The van der Waals surface area contributed by atoms with Gasteiger partial charge in [-0.25, -0.2) is 14.4 Å². The van der Waals surface area contributed by atoms with Crippen molar-refractivity contribution in [2.75, 3.05) is 11.9 Å². The van der Waals surface area contributed by atoms with Gasteiger partial charge in [-0.05, 0) is 26.2 Å². The predicted octanol–water partition coefficient (Wildman–Crippen LogP) is 2.77. The van der Waals surface area contributed by atoms with Crippen LogP contribution in [0.25, 0.3) is 0 Å². The van der Waals surface area contributed by atoms with E-state index in [1.807, 2.05) is 11.9 Å². The van der Waals surface area contributed by atoms with Gasteiger partial charge >= 0.3 is 0 Å². The van der Waals surface area contributed by atoms with Crippen molar-refractivity contribution in [3.63, 3.8) is 0 Å². The van der Waals surface area contributed by atoms with Crippen LogP contribution in [0.3, 0.4) is 0 Å². The summed E-state index contributed by atoms with van der Waals surface area (Å²) >= 11 is 5.87. The highest BCUT2D eigenvalue weighted by Gasteiger charge is 2.31. The van der Waals surface area contributed by atoms with Crippen LogP contribution in [0.1, 0.15) is 25.1 Å². The smallest absolute Gasteiger partial charge is 0.134 e. The maximum atomic E-state index is 13.6. The van der Waals surface area contributed by atoms with E-state index < -0.39 is 6.17 Å². The molecule has 0 saturated heterocycles. The summed E-state index contributed by atoms with van der Waals surface area (Å²) in [7, 11) is 1.86. The molecule has 0 unspecified atom stereocenters. The predicted molar refractivity (Wildman–Crippen MR) is 62.7 cm³/mol. The molecule has 16 heavy (non-hydrogen) atoms.